The zero-order valence-electron chi connectivity index (χ0n) is 10.3. The van der Waals surface area contributed by atoms with Crippen LogP contribution in [-0.4, -0.2) is 27.7 Å². The minimum absolute atomic E-state index is 0.0669. The molecule has 6 heteroatoms. The normalized spacial score (nSPS) is 17.8. The molecule has 5 nitrogen and oxygen atoms in total. The van der Waals surface area contributed by atoms with Crippen molar-refractivity contribution < 1.29 is 13.2 Å². The lowest BCUT2D eigenvalue weighted by Gasteiger charge is -2.23. The number of hydrogen-bond acceptors (Lipinski definition) is 4. The first-order valence-electron chi connectivity index (χ1n) is 5.96. The van der Waals surface area contributed by atoms with Gasteiger partial charge in [0.1, 0.15) is 4.90 Å². The van der Waals surface area contributed by atoms with E-state index in [0.29, 0.717) is 31.6 Å². The van der Waals surface area contributed by atoms with E-state index in [1.54, 1.807) is 25.1 Å². The van der Waals surface area contributed by atoms with Crippen molar-refractivity contribution in [1.29, 1.82) is 0 Å². The van der Waals surface area contributed by atoms with Gasteiger partial charge >= 0.3 is 0 Å². The van der Waals surface area contributed by atoms with Crippen molar-refractivity contribution >= 4 is 15.7 Å². The maximum atomic E-state index is 12.3. The van der Waals surface area contributed by atoms with Gasteiger partial charge in [-0.15, -0.1) is 0 Å². The lowest BCUT2D eigenvalue weighted by molar-refractivity contribution is 0.0832. The summed E-state index contributed by atoms with van der Waals surface area (Å²) in [5, 5.41) is 0. The number of benzene rings is 1. The maximum Gasteiger partial charge on any atom is 0.243 e. The van der Waals surface area contributed by atoms with E-state index in [1.807, 2.05) is 0 Å². The van der Waals surface area contributed by atoms with Crippen LogP contribution in [0.4, 0.5) is 5.69 Å². The molecule has 0 saturated carbocycles. The van der Waals surface area contributed by atoms with E-state index >= 15 is 0 Å². The molecule has 0 spiro atoms. The first-order chi connectivity index (χ1) is 8.50. The fraction of sp³-hybridized carbons (Fsp3) is 0.500. The zero-order valence-corrected chi connectivity index (χ0v) is 11.2. The number of nitrogens with two attached hydrogens (primary N) is 1. The number of ether oxygens (including phenoxy) is 1. The molecule has 0 amide bonds. The molecule has 0 atom stereocenters. The number of anilines is 1. The monoisotopic (exact) mass is 270 g/mol. The van der Waals surface area contributed by atoms with Crippen LogP contribution in [0, 0.1) is 6.92 Å². The van der Waals surface area contributed by atoms with Crippen molar-refractivity contribution in [2.75, 3.05) is 18.9 Å². The van der Waals surface area contributed by atoms with Crippen molar-refractivity contribution in [3.05, 3.63) is 23.8 Å². The second-order valence-corrected chi connectivity index (χ2v) is 6.15. The fourth-order valence-electron chi connectivity index (χ4n) is 2.14. The summed E-state index contributed by atoms with van der Waals surface area (Å²) in [7, 11) is -3.55. The van der Waals surface area contributed by atoms with E-state index in [9.17, 15) is 8.42 Å². The quantitative estimate of drug-likeness (QED) is 0.804. The van der Waals surface area contributed by atoms with E-state index in [-0.39, 0.29) is 16.6 Å². The highest BCUT2D eigenvalue weighted by Gasteiger charge is 2.25. The molecule has 1 fully saturated rings. The molecule has 0 bridgehead atoms. The molecule has 0 unspecified atom stereocenters. The van der Waals surface area contributed by atoms with E-state index < -0.39 is 10.0 Å². The number of nitrogen functional groups attached to an aromatic ring is 1. The maximum absolute atomic E-state index is 12.3. The molecule has 3 N–H and O–H groups in total. The smallest absolute Gasteiger partial charge is 0.243 e. The highest BCUT2D eigenvalue weighted by molar-refractivity contribution is 7.89. The van der Waals surface area contributed by atoms with Gasteiger partial charge in [-0.3, -0.25) is 0 Å². The van der Waals surface area contributed by atoms with E-state index in [2.05, 4.69) is 4.72 Å². The molecule has 2 rings (SSSR count). The van der Waals surface area contributed by atoms with Crippen LogP contribution in [0.15, 0.2) is 23.1 Å². The van der Waals surface area contributed by atoms with Crippen molar-refractivity contribution in [2.45, 2.75) is 30.7 Å². The highest BCUT2D eigenvalue weighted by atomic mass is 32.2. The SMILES string of the molecule is Cc1cccc(N)c1S(=O)(=O)NC1CCOCC1. The summed E-state index contributed by atoms with van der Waals surface area (Å²) in [5.74, 6) is 0. The second-order valence-electron chi connectivity index (χ2n) is 4.50. The average molecular weight is 270 g/mol. The molecule has 1 aliphatic rings. The number of hydrogen-bond donors (Lipinski definition) is 2. The molecule has 0 aromatic heterocycles. The minimum atomic E-state index is -3.55. The Hall–Kier alpha value is -1.11. The number of sulfonamides is 1. The van der Waals surface area contributed by atoms with Gasteiger partial charge in [0.2, 0.25) is 10.0 Å². The van der Waals surface area contributed by atoms with Crippen molar-refractivity contribution in [3.63, 3.8) is 0 Å². The molecule has 0 radical (unpaired) electrons. The summed E-state index contributed by atoms with van der Waals surface area (Å²) in [6.45, 7) is 2.93. The highest BCUT2D eigenvalue weighted by Crippen LogP contribution is 2.23. The van der Waals surface area contributed by atoms with Crippen LogP contribution in [0.3, 0.4) is 0 Å². The molecule has 1 heterocycles. The van der Waals surface area contributed by atoms with E-state index in [4.69, 9.17) is 10.5 Å². The summed E-state index contributed by atoms with van der Waals surface area (Å²) < 4.78 is 32.5. The van der Waals surface area contributed by atoms with Crippen molar-refractivity contribution in [1.82, 2.24) is 4.72 Å². The van der Waals surface area contributed by atoms with E-state index in [0.717, 1.165) is 0 Å². The molecule has 100 valence electrons. The Balaban J connectivity index is 2.25. The third-order valence-electron chi connectivity index (χ3n) is 3.05. The van der Waals surface area contributed by atoms with Crippen LogP contribution >= 0.6 is 0 Å². The predicted molar refractivity (Wildman–Crippen MR) is 69.8 cm³/mol. The van der Waals surface area contributed by atoms with Crippen LogP contribution in [0.2, 0.25) is 0 Å². The summed E-state index contributed by atoms with van der Waals surface area (Å²) in [4.78, 5) is 0.191. The van der Waals surface area contributed by atoms with Gasteiger partial charge in [0.15, 0.2) is 0 Å². The molecule has 1 aromatic rings. The van der Waals surface area contributed by atoms with Crippen LogP contribution < -0.4 is 10.5 Å². The Labute approximate surface area is 107 Å². The lowest BCUT2D eigenvalue weighted by Crippen LogP contribution is -2.39. The third-order valence-corrected chi connectivity index (χ3v) is 4.79. The van der Waals surface area contributed by atoms with Crippen LogP contribution in [-0.2, 0) is 14.8 Å². The van der Waals surface area contributed by atoms with Gasteiger partial charge in [0.05, 0.1) is 5.69 Å². The number of aryl methyl sites for hydroxylation is 1. The summed E-state index contributed by atoms with van der Waals surface area (Å²) in [6.07, 6.45) is 1.40. The first kappa shape index (κ1) is 13.3. The zero-order chi connectivity index (χ0) is 13.2. The van der Waals surface area contributed by atoms with Crippen LogP contribution in [0.5, 0.6) is 0 Å². The third kappa shape index (κ3) is 2.82. The molecule has 1 aliphatic heterocycles. The van der Waals surface area contributed by atoms with E-state index in [1.165, 1.54) is 0 Å². The van der Waals surface area contributed by atoms with Gasteiger partial charge in [0, 0.05) is 19.3 Å². The van der Waals surface area contributed by atoms with Gasteiger partial charge < -0.3 is 10.5 Å². The standard InChI is InChI=1S/C12H18N2O3S/c1-9-3-2-4-11(13)12(9)18(15,16)14-10-5-7-17-8-6-10/h2-4,10,14H,5-8,13H2,1H3. The largest absolute Gasteiger partial charge is 0.398 e. The predicted octanol–water partition coefficient (Wildman–Crippen LogP) is 1.03. The van der Waals surface area contributed by atoms with Gasteiger partial charge in [-0.2, -0.15) is 0 Å². The Morgan fingerprint density at radius 2 is 2.00 bits per heavy atom. The first-order valence-corrected chi connectivity index (χ1v) is 7.44. The number of rotatable bonds is 3. The van der Waals surface area contributed by atoms with Gasteiger partial charge in [-0.05, 0) is 31.4 Å². The Morgan fingerprint density at radius 3 is 2.61 bits per heavy atom. The average Bonchev–Trinajstić information content (AvgIpc) is 2.28. The van der Waals surface area contributed by atoms with Crippen molar-refractivity contribution in [2.24, 2.45) is 0 Å². The van der Waals surface area contributed by atoms with Gasteiger partial charge in [-0.25, -0.2) is 13.1 Å². The summed E-state index contributed by atoms with van der Waals surface area (Å²) >= 11 is 0. The molecular weight excluding hydrogens is 252 g/mol. The van der Waals surface area contributed by atoms with Crippen LogP contribution in [0.25, 0.3) is 0 Å². The number of nitrogens with one attached hydrogen (secondary N) is 1. The second kappa shape index (κ2) is 5.26. The Bertz CT molecular complexity index is 502. The summed E-state index contributed by atoms with van der Waals surface area (Å²) in [6, 6.07) is 5.03. The lowest BCUT2D eigenvalue weighted by atomic mass is 10.1. The molecule has 1 aromatic carbocycles. The fourth-order valence-corrected chi connectivity index (χ4v) is 3.80. The van der Waals surface area contributed by atoms with Gasteiger partial charge in [0.25, 0.3) is 0 Å². The van der Waals surface area contributed by atoms with Crippen LogP contribution in [0.1, 0.15) is 18.4 Å². The minimum Gasteiger partial charge on any atom is -0.398 e. The molecule has 18 heavy (non-hydrogen) atoms. The Kier molecular flexibility index (Phi) is 3.89. The molecular formula is C12H18N2O3S. The molecule has 1 saturated heterocycles. The Morgan fingerprint density at radius 1 is 1.33 bits per heavy atom. The topological polar surface area (TPSA) is 81.4 Å². The summed E-state index contributed by atoms with van der Waals surface area (Å²) in [5.41, 5.74) is 6.72. The molecule has 0 aliphatic carbocycles. The van der Waals surface area contributed by atoms with Gasteiger partial charge in [-0.1, -0.05) is 12.1 Å². The van der Waals surface area contributed by atoms with Crippen molar-refractivity contribution in [3.8, 4) is 0 Å².